The third-order valence-corrected chi connectivity index (χ3v) is 3.71. The molecule has 0 fully saturated rings. The van der Waals surface area contributed by atoms with Crippen molar-refractivity contribution in [3.8, 4) is 0 Å². The normalized spacial score (nSPS) is 11.6. The van der Waals surface area contributed by atoms with Gasteiger partial charge >= 0.3 is 0 Å². The first-order valence-electron chi connectivity index (χ1n) is 5.55. The van der Waals surface area contributed by atoms with Gasteiger partial charge in [-0.05, 0) is 24.6 Å². The Morgan fingerprint density at radius 3 is 2.84 bits per heavy atom. The molecule has 0 unspecified atom stereocenters. The van der Waals surface area contributed by atoms with Crippen molar-refractivity contribution in [2.24, 2.45) is 0 Å². The highest BCUT2D eigenvalue weighted by Gasteiger charge is 2.18. The van der Waals surface area contributed by atoms with Crippen LogP contribution >= 0.6 is 0 Å². The smallest absolute Gasteiger partial charge is 0.274 e. The van der Waals surface area contributed by atoms with Crippen LogP contribution in [0.3, 0.4) is 0 Å². The fraction of sp³-hybridized carbons (Fsp3) is 0.273. The van der Waals surface area contributed by atoms with E-state index in [2.05, 4.69) is 9.82 Å². The molecule has 0 radical (unpaired) electrons. The molecule has 0 aliphatic rings. The minimum atomic E-state index is -3.73. The first-order chi connectivity index (χ1) is 9.01. The SMILES string of the molecule is Cc1cnn(CCNS(=O)(=O)c2ccc(C=O)o2)c1. The molecule has 102 valence electrons. The van der Waals surface area contributed by atoms with Crippen LogP contribution in [0.1, 0.15) is 16.1 Å². The van der Waals surface area contributed by atoms with Crippen molar-refractivity contribution in [1.29, 1.82) is 0 Å². The Hall–Kier alpha value is -1.93. The second-order valence-corrected chi connectivity index (χ2v) is 5.65. The largest absolute Gasteiger partial charge is 0.440 e. The highest BCUT2D eigenvalue weighted by Crippen LogP contribution is 2.11. The third kappa shape index (κ3) is 3.30. The Labute approximate surface area is 110 Å². The van der Waals surface area contributed by atoms with E-state index in [4.69, 9.17) is 4.42 Å². The molecular formula is C11H13N3O4S. The Morgan fingerprint density at radius 2 is 2.26 bits per heavy atom. The van der Waals surface area contributed by atoms with E-state index in [-0.39, 0.29) is 17.4 Å². The lowest BCUT2D eigenvalue weighted by Gasteiger charge is -2.04. The van der Waals surface area contributed by atoms with Crippen molar-refractivity contribution in [3.05, 3.63) is 35.9 Å². The molecular weight excluding hydrogens is 270 g/mol. The van der Waals surface area contributed by atoms with Gasteiger partial charge in [-0.3, -0.25) is 9.48 Å². The van der Waals surface area contributed by atoms with Crippen LogP contribution in [0.5, 0.6) is 0 Å². The number of aldehydes is 1. The molecule has 0 bridgehead atoms. The van der Waals surface area contributed by atoms with Gasteiger partial charge in [0.15, 0.2) is 12.0 Å². The van der Waals surface area contributed by atoms with E-state index in [0.717, 1.165) is 5.56 Å². The van der Waals surface area contributed by atoms with Gasteiger partial charge in [0.05, 0.1) is 12.7 Å². The average Bonchev–Trinajstić information content (AvgIpc) is 2.98. The fourth-order valence-electron chi connectivity index (χ4n) is 1.50. The molecule has 7 nitrogen and oxygen atoms in total. The van der Waals surface area contributed by atoms with Crippen LogP contribution in [-0.2, 0) is 16.6 Å². The number of furan rings is 1. The minimum absolute atomic E-state index is 0.0249. The van der Waals surface area contributed by atoms with Crippen molar-refractivity contribution in [2.45, 2.75) is 18.6 Å². The van der Waals surface area contributed by atoms with Gasteiger partial charge in [-0.1, -0.05) is 0 Å². The van der Waals surface area contributed by atoms with Crippen LogP contribution in [0, 0.1) is 6.92 Å². The molecule has 0 saturated heterocycles. The number of nitrogens with one attached hydrogen (secondary N) is 1. The number of sulfonamides is 1. The number of hydrogen-bond donors (Lipinski definition) is 1. The van der Waals surface area contributed by atoms with Crippen molar-refractivity contribution in [2.75, 3.05) is 6.54 Å². The van der Waals surface area contributed by atoms with Crippen molar-refractivity contribution in [3.63, 3.8) is 0 Å². The maximum atomic E-state index is 11.8. The zero-order valence-electron chi connectivity index (χ0n) is 10.2. The summed E-state index contributed by atoms with van der Waals surface area (Å²) in [6.45, 7) is 2.49. The molecule has 2 rings (SSSR count). The van der Waals surface area contributed by atoms with Crippen LogP contribution in [0.2, 0.25) is 0 Å². The fourth-order valence-corrected chi connectivity index (χ4v) is 2.45. The highest BCUT2D eigenvalue weighted by molar-refractivity contribution is 7.89. The Morgan fingerprint density at radius 1 is 1.47 bits per heavy atom. The van der Waals surface area contributed by atoms with Crippen LogP contribution in [-0.4, -0.2) is 31.0 Å². The summed E-state index contributed by atoms with van der Waals surface area (Å²) in [4.78, 5) is 10.4. The van der Waals surface area contributed by atoms with Gasteiger partial charge in [0, 0.05) is 12.7 Å². The Balaban J connectivity index is 1.96. The van der Waals surface area contributed by atoms with E-state index in [1.165, 1.54) is 12.1 Å². The molecule has 0 amide bonds. The maximum Gasteiger partial charge on any atom is 0.274 e. The van der Waals surface area contributed by atoms with Gasteiger partial charge < -0.3 is 4.42 Å². The molecule has 8 heteroatoms. The standard InChI is InChI=1S/C11H13N3O4S/c1-9-6-12-14(7-9)5-4-13-19(16,17)11-3-2-10(8-15)18-11/h2-3,6-8,13H,4-5H2,1H3. The molecule has 0 aliphatic carbocycles. The molecule has 0 aromatic carbocycles. The van der Waals surface area contributed by atoms with Gasteiger partial charge in [0.2, 0.25) is 5.09 Å². The zero-order chi connectivity index (χ0) is 13.9. The number of carbonyl (C=O) groups excluding carboxylic acids is 1. The summed E-state index contributed by atoms with van der Waals surface area (Å²) in [5, 5.41) is 3.77. The predicted octanol–water partition coefficient (Wildman–Crippen LogP) is 0.576. The molecule has 0 saturated carbocycles. The maximum absolute atomic E-state index is 11.8. The average molecular weight is 283 g/mol. The molecule has 0 aliphatic heterocycles. The van der Waals surface area contributed by atoms with Crippen LogP contribution in [0.25, 0.3) is 0 Å². The van der Waals surface area contributed by atoms with Crippen molar-refractivity contribution >= 4 is 16.3 Å². The van der Waals surface area contributed by atoms with E-state index in [9.17, 15) is 13.2 Å². The van der Waals surface area contributed by atoms with Crippen LogP contribution in [0.4, 0.5) is 0 Å². The first kappa shape index (κ1) is 13.5. The van der Waals surface area contributed by atoms with Crippen LogP contribution < -0.4 is 4.72 Å². The number of aryl methyl sites for hydroxylation is 1. The summed E-state index contributed by atoms with van der Waals surface area (Å²) in [6, 6.07) is 2.54. The molecule has 0 atom stereocenters. The van der Waals surface area contributed by atoms with Gasteiger partial charge in [0.25, 0.3) is 10.0 Å². The first-order valence-corrected chi connectivity index (χ1v) is 7.03. The van der Waals surface area contributed by atoms with Gasteiger partial charge in [0.1, 0.15) is 0 Å². The van der Waals surface area contributed by atoms with Crippen LogP contribution in [0.15, 0.2) is 34.0 Å². The topological polar surface area (TPSA) is 94.2 Å². The summed E-state index contributed by atoms with van der Waals surface area (Å²) >= 11 is 0. The van der Waals surface area contributed by atoms with Gasteiger partial charge in [-0.15, -0.1) is 0 Å². The molecule has 2 aromatic rings. The van der Waals surface area contributed by atoms with Crippen molar-refractivity contribution in [1.82, 2.24) is 14.5 Å². The van der Waals surface area contributed by atoms with E-state index >= 15 is 0 Å². The number of hydrogen-bond acceptors (Lipinski definition) is 5. The summed E-state index contributed by atoms with van der Waals surface area (Å²) in [7, 11) is -3.73. The molecule has 2 aromatic heterocycles. The Kier molecular flexibility index (Phi) is 3.82. The van der Waals surface area contributed by atoms with E-state index in [1.807, 2.05) is 13.1 Å². The lowest BCUT2D eigenvalue weighted by atomic mass is 10.4. The molecule has 0 spiro atoms. The minimum Gasteiger partial charge on any atom is -0.440 e. The second-order valence-electron chi connectivity index (χ2n) is 3.95. The monoisotopic (exact) mass is 283 g/mol. The highest BCUT2D eigenvalue weighted by atomic mass is 32.2. The Bertz CT molecular complexity index is 672. The number of aromatic nitrogens is 2. The van der Waals surface area contributed by atoms with E-state index in [0.29, 0.717) is 12.8 Å². The van der Waals surface area contributed by atoms with Gasteiger partial charge in [-0.2, -0.15) is 5.10 Å². The summed E-state index contributed by atoms with van der Waals surface area (Å²) in [5.74, 6) is -0.0249. The van der Waals surface area contributed by atoms with Gasteiger partial charge in [-0.25, -0.2) is 13.1 Å². The lowest BCUT2D eigenvalue weighted by Crippen LogP contribution is -2.27. The summed E-state index contributed by atoms with van der Waals surface area (Å²) in [6.07, 6.45) is 3.95. The number of rotatable bonds is 6. The number of nitrogens with zero attached hydrogens (tertiary/aromatic N) is 2. The molecule has 19 heavy (non-hydrogen) atoms. The van der Waals surface area contributed by atoms with E-state index in [1.54, 1.807) is 10.9 Å². The third-order valence-electron chi connectivity index (χ3n) is 2.38. The molecule has 1 N–H and O–H groups in total. The predicted molar refractivity (Wildman–Crippen MR) is 66.2 cm³/mol. The quantitative estimate of drug-likeness (QED) is 0.782. The summed E-state index contributed by atoms with van der Waals surface area (Å²) < 4.78 is 32.5. The second kappa shape index (κ2) is 5.37. The van der Waals surface area contributed by atoms with E-state index < -0.39 is 10.0 Å². The number of carbonyl (C=O) groups is 1. The zero-order valence-corrected chi connectivity index (χ0v) is 11.1. The summed E-state index contributed by atoms with van der Waals surface area (Å²) in [5.41, 5.74) is 1.00. The molecule has 2 heterocycles. The lowest BCUT2D eigenvalue weighted by molar-refractivity contribution is 0.109. The van der Waals surface area contributed by atoms with Crippen molar-refractivity contribution < 1.29 is 17.6 Å².